The lowest BCUT2D eigenvalue weighted by Gasteiger charge is -2.37. The molecule has 1 rings (SSSR count). The molecule has 4 heteroatoms. The van der Waals surface area contributed by atoms with Crippen molar-refractivity contribution in [3.63, 3.8) is 0 Å². The van der Waals surface area contributed by atoms with Crippen LogP contribution in [0.2, 0.25) is 0 Å². The van der Waals surface area contributed by atoms with Crippen molar-refractivity contribution >= 4 is 5.97 Å². The predicted molar refractivity (Wildman–Crippen MR) is 87.4 cm³/mol. The average Bonchev–Trinajstić information content (AvgIpc) is 2.75. The van der Waals surface area contributed by atoms with E-state index >= 15 is 0 Å². The monoisotopic (exact) mass is 298 g/mol. The molecule has 1 aliphatic rings. The van der Waals surface area contributed by atoms with E-state index in [1.54, 1.807) is 0 Å². The topological polar surface area (TPSA) is 41.6 Å². The highest BCUT2D eigenvalue weighted by Gasteiger charge is 2.36. The Bertz CT molecular complexity index is 314. The van der Waals surface area contributed by atoms with Crippen LogP contribution in [0.4, 0.5) is 0 Å². The normalized spacial score (nSPS) is 21.6. The molecule has 0 amide bonds. The van der Waals surface area contributed by atoms with Crippen LogP contribution in [0.5, 0.6) is 0 Å². The summed E-state index contributed by atoms with van der Waals surface area (Å²) in [4.78, 5) is 14.7. The third-order valence-electron chi connectivity index (χ3n) is 5.08. The van der Waals surface area contributed by atoms with Crippen molar-refractivity contribution in [3.8, 4) is 0 Å². The summed E-state index contributed by atoms with van der Waals surface area (Å²) in [6.45, 7) is 6.46. The van der Waals surface area contributed by atoms with Gasteiger partial charge in [0.2, 0.25) is 0 Å². The smallest absolute Gasteiger partial charge is 0.326 e. The van der Waals surface area contributed by atoms with Crippen LogP contribution in [0.1, 0.15) is 65.7 Å². The van der Waals surface area contributed by atoms with Crippen LogP contribution in [0, 0.1) is 0 Å². The van der Waals surface area contributed by atoms with Crippen molar-refractivity contribution in [2.24, 2.45) is 0 Å². The molecule has 0 heterocycles. The fraction of sp³-hybridized carbons (Fsp3) is 0.941. The van der Waals surface area contributed by atoms with E-state index < -0.39 is 5.54 Å². The summed E-state index contributed by atoms with van der Waals surface area (Å²) in [5, 5.41) is 3.16. The second kappa shape index (κ2) is 8.74. The van der Waals surface area contributed by atoms with Gasteiger partial charge in [-0.25, -0.2) is 0 Å². The number of carbonyl (C=O) groups is 1. The summed E-state index contributed by atoms with van der Waals surface area (Å²) in [5.41, 5.74) is -0.603. The van der Waals surface area contributed by atoms with Crippen molar-refractivity contribution < 1.29 is 9.53 Å². The van der Waals surface area contributed by atoms with Crippen LogP contribution in [-0.4, -0.2) is 49.2 Å². The maximum atomic E-state index is 12.2. The van der Waals surface area contributed by atoms with Gasteiger partial charge in [0, 0.05) is 12.1 Å². The second-order valence-corrected chi connectivity index (χ2v) is 6.67. The number of ether oxygens (including phenoxy) is 1. The number of carbonyl (C=O) groups excluding carboxylic acids is 1. The standard InChI is InChI=1S/C17H34N2O2/c1-6-21-16(20)17(3,18-4)13-14(2)19(5)15-11-9-7-8-10-12-15/h14-15,18H,6-13H2,1-5H3. The minimum absolute atomic E-state index is 0.145. The van der Waals surface area contributed by atoms with E-state index in [-0.39, 0.29) is 5.97 Å². The lowest BCUT2D eigenvalue weighted by molar-refractivity contribution is -0.151. The van der Waals surface area contributed by atoms with Crippen LogP contribution < -0.4 is 5.32 Å². The van der Waals surface area contributed by atoms with Gasteiger partial charge in [-0.3, -0.25) is 4.79 Å². The molecule has 1 fully saturated rings. The summed E-state index contributed by atoms with van der Waals surface area (Å²) < 4.78 is 5.22. The summed E-state index contributed by atoms with van der Waals surface area (Å²) >= 11 is 0. The fourth-order valence-corrected chi connectivity index (χ4v) is 3.34. The summed E-state index contributed by atoms with van der Waals surface area (Å²) in [7, 11) is 4.05. The van der Waals surface area contributed by atoms with Gasteiger partial charge in [-0.2, -0.15) is 0 Å². The van der Waals surface area contributed by atoms with Crippen molar-refractivity contribution in [1.82, 2.24) is 10.2 Å². The van der Waals surface area contributed by atoms with Crippen molar-refractivity contribution in [1.29, 1.82) is 0 Å². The molecule has 0 saturated heterocycles. The number of likely N-dealkylation sites (N-methyl/N-ethyl adjacent to an activating group) is 1. The number of nitrogens with one attached hydrogen (secondary N) is 1. The molecule has 4 nitrogen and oxygen atoms in total. The molecule has 1 aliphatic carbocycles. The van der Waals surface area contributed by atoms with Crippen LogP contribution in [0.25, 0.3) is 0 Å². The van der Waals surface area contributed by atoms with Gasteiger partial charge < -0.3 is 15.0 Å². The minimum Gasteiger partial charge on any atom is -0.465 e. The van der Waals surface area contributed by atoms with E-state index in [1.165, 1.54) is 38.5 Å². The Balaban J connectivity index is 2.63. The van der Waals surface area contributed by atoms with Crippen molar-refractivity contribution in [2.45, 2.75) is 83.3 Å². The van der Waals surface area contributed by atoms with E-state index in [2.05, 4.69) is 24.2 Å². The first kappa shape index (κ1) is 18.4. The molecule has 0 aromatic rings. The van der Waals surface area contributed by atoms with Gasteiger partial charge in [-0.15, -0.1) is 0 Å². The van der Waals surface area contributed by atoms with Gasteiger partial charge in [-0.1, -0.05) is 25.7 Å². The molecule has 21 heavy (non-hydrogen) atoms. The van der Waals surface area contributed by atoms with Gasteiger partial charge in [0.1, 0.15) is 5.54 Å². The molecule has 124 valence electrons. The molecule has 2 atom stereocenters. The molecule has 0 spiro atoms. The Morgan fingerprint density at radius 3 is 2.38 bits per heavy atom. The maximum absolute atomic E-state index is 12.2. The first-order chi connectivity index (χ1) is 9.94. The Labute approximate surface area is 130 Å². The second-order valence-electron chi connectivity index (χ2n) is 6.67. The van der Waals surface area contributed by atoms with E-state index in [0.717, 1.165) is 6.42 Å². The molecule has 0 aliphatic heterocycles. The molecule has 0 radical (unpaired) electrons. The summed E-state index contributed by atoms with van der Waals surface area (Å²) in [6.07, 6.45) is 8.76. The minimum atomic E-state index is -0.603. The molecule has 2 unspecified atom stereocenters. The number of hydrogen-bond acceptors (Lipinski definition) is 4. The van der Waals surface area contributed by atoms with Crippen molar-refractivity contribution in [3.05, 3.63) is 0 Å². The van der Waals surface area contributed by atoms with Crippen LogP contribution in [0.3, 0.4) is 0 Å². The lowest BCUT2D eigenvalue weighted by Crippen LogP contribution is -2.53. The van der Waals surface area contributed by atoms with E-state index in [4.69, 9.17) is 4.74 Å². The number of rotatable bonds is 7. The third-order valence-corrected chi connectivity index (χ3v) is 5.08. The highest BCUT2D eigenvalue weighted by molar-refractivity contribution is 5.80. The zero-order valence-electron chi connectivity index (χ0n) is 14.6. The fourth-order valence-electron chi connectivity index (χ4n) is 3.34. The Morgan fingerprint density at radius 1 is 1.33 bits per heavy atom. The molecule has 0 bridgehead atoms. The largest absolute Gasteiger partial charge is 0.465 e. The lowest BCUT2D eigenvalue weighted by atomic mass is 9.92. The first-order valence-electron chi connectivity index (χ1n) is 8.52. The molecular weight excluding hydrogens is 264 g/mol. The Kier molecular flexibility index (Phi) is 7.67. The Morgan fingerprint density at radius 2 is 1.90 bits per heavy atom. The quantitative estimate of drug-likeness (QED) is 0.579. The third kappa shape index (κ3) is 5.26. The molecule has 1 N–H and O–H groups in total. The molecule has 0 aromatic carbocycles. The zero-order chi connectivity index (χ0) is 15.9. The SMILES string of the molecule is CCOC(=O)C(C)(CC(C)N(C)C1CCCCCC1)NC. The van der Waals surface area contributed by atoms with Crippen LogP contribution in [0.15, 0.2) is 0 Å². The average molecular weight is 298 g/mol. The van der Waals surface area contributed by atoms with E-state index in [1.807, 2.05) is 20.9 Å². The number of hydrogen-bond donors (Lipinski definition) is 1. The van der Waals surface area contributed by atoms with Gasteiger partial charge in [0.05, 0.1) is 6.61 Å². The highest BCUT2D eigenvalue weighted by Crippen LogP contribution is 2.25. The van der Waals surface area contributed by atoms with Crippen molar-refractivity contribution in [2.75, 3.05) is 20.7 Å². The Hall–Kier alpha value is -0.610. The summed E-state index contributed by atoms with van der Waals surface area (Å²) in [6, 6.07) is 1.01. The van der Waals surface area contributed by atoms with Gasteiger partial charge in [-0.05, 0) is 54.1 Å². The van der Waals surface area contributed by atoms with Crippen LogP contribution >= 0.6 is 0 Å². The zero-order valence-corrected chi connectivity index (χ0v) is 14.6. The van der Waals surface area contributed by atoms with Gasteiger partial charge in [0.25, 0.3) is 0 Å². The molecule has 0 aromatic heterocycles. The van der Waals surface area contributed by atoms with E-state index in [9.17, 15) is 4.79 Å². The predicted octanol–water partition coefficient (Wildman–Crippen LogP) is 2.96. The highest BCUT2D eigenvalue weighted by atomic mass is 16.5. The van der Waals surface area contributed by atoms with Gasteiger partial charge >= 0.3 is 5.97 Å². The number of nitrogens with zero attached hydrogens (tertiary/aromatic N) is 1. The molecular formula is C17H34N2O2. The summed E-state index contributed by atoms with van der Waals surface area (Å²) in [5.74, 6) is -0.145. The first-order valence-corrected chi connectivity index (χ1v) is 8.52. The molecule has 1 saturated carbocycles. The van der Waals surface area contributed by atoms with Gasteiger partial charge in [0.15, 0.2) is 0 Å². The number of esters is 1. The van der Waals surface area contributed by atoms with Crippen LogP contribution in [-0.2, 0) is 9.53 Å². The maximum Gasteiger partial charge on any atom is 0.326 e. The van der Waals surface area contributed by atoms with E-state index in [0.29, 0.717) is 18.7 Å².